The molecule has 0 fully saturated rings. The summed E-state index contributed by atoms with van der Waals surface area (Å²) in [5.74, 6) is 0. The molecule has 0 atom stereocenters. The van der Waals surface area contributed by atoms with Gasteiger partial charge >= 0.3 is 0 Å². The first-order chi connectivity index (χ1) is 26.5. The minimum absolute atomic E-state index is 0.169. The summed E-state index contributed by atoms with van der Waals surface area (Å²) in [6.07, 6.45) is 6.36. The molecule has 0 amide bonds. The van der Waals surface area contributed by atoms with E-state index in [4.69, 9.17) is 0 Å². The summed E-state index contributed by atoms with van der Waals surface area (Å²) in [4.78, 5) is 2.52. The average Bonchev–Trinajstić information content (AvgIpc) is 3.77. The molecule has 258 valence electrons. The van der Waals surface area contributed by atoms with Crippen molar-refractivity contribution in [3.05, 3.63) is 228 Å². The minimum Gasteiger partial charge on any atom is -0.310 e. The van der Waals surface area contributed by atoms with Crippen molar-refractivity contribution in [3.63, 3.8) is 0 Å². The molecule has 0 aliphatic heterocycles. The summed E-state index contributed by atoms with van der Waals surface area (Å²) in [5.41, 5.74) is 21.0. The Morgan fingerprint density at radius 2 is 1.04 bits per heavy atom. The van der Waals surface area contributed by atoms with Gasteiger partial charge in [0.2, 0.25) is 0 Å². The Balaban J connectivity index is 1.28. The maximum Gasteiger partial charge on any atom is 0.0746 e. The number of hydrogen-bond acceptors (Lipinski definition) is 1. The molecule has 1 nitrogen and oxygen atoms in total. The standard InChI is InChI=1S/C53H41N/c1-5-17-39-43-33-32-38(34-49(43)52(3,4)45(39)6-2)54(37-30-28-36(29-31-37)35-18-8-7-9-19-35)50-27-16-23-44-42-22-12-15-26-48(42)53(51(44)50)46-24-13-10-20-40(46)41-21-11-14-25-47(41)53/h5-34H,1H2,2-4H3/b39-17?,45-6+. The molecule has 54 heavy (non-hydrogen) atoms. The van der Waals surface area contributed by atoms with E-state index in [2.05, 4.69) is 208 Å². The van der Waals surface area contributed by atoms with Gasteiger partial charge in [0.15, 0.2) is 0 Å². The van der Waals surface area contributed by atoms with Crippen LogP contribution in [0.15, 0.2) is 194 Å². The van der Waals surface area contributed by atoms with Crippen molar-refractivity contribution in [3.8, 4) is 33.4 Å². The van der Waals surface area contributed by atoms with Crippen LogP contribution in [0, 0.1) is 0 Å². The van der Waals surface area contributed by atoms with Crippen molar-refractivity contribution in [2.24, 2.45) is 0 Å². The van der Waals surface area contributed by atoms with Gasteiger partial charge in [-0.15, -0.1) is 0 Å². The molecule has 1 spiro atoms. The van der Waals surface area contributed by atoms with Gasteiger partial charge in [0.25, 0.3) is 0 Å². The molecule has 3 aliphatic carbocycles. The zero-order valence-corrected chi connectivity index (χ0v) is 31.0. The number of hydrogen-bond donors (Lipinski definition) is 0. The second kappa shape index (κ2) is 12.0. The molecule has 0 unspecified atom stereocenters. The summed E-state index contributed by atoms with van der Waals surface area (Å²) in [6, 6.07) is 61.0. The molecule has 0 N–H and O–H groups in total. The SMILES string of the molecule is C=CC=C1/C(=C\C)C(C)(C)c2cc(N(c3ccc(-c4ccccc4)cc3)c3cccc4c3C3(c5ccccc5-c5ccccc53)c3ccccc3-4)ccc21. The summed E-state index contributed by atoms with van der Waals surface area (Å²) in [5, 5.41) is 0. The lowest BCUT2D eigenvalue weighted by molar-refractivity contribution is 0.659. The maximum absolute atomic E-state index is 4.07. The second-order valence-corrected chi connectivity index (χ2v) is 15.2. The van der Waals surface area contributed by atoms with Gasteiger partial charge < -0.3 is 4.90 Å². The minimum atomic E-state index is -0.480. The van der Waals surface area contributed by atoms with Crippen molar-refractivity contribution in [1.29, 1.82) is 0 Å². The van der Waals surface area contributed by atoms with E-state index in [-0.39, 0.29) is 5.41 Å². The van der Waals surface area contributed by atoms with Gasteiger partial charge in [0.1, 0.15) is 0 Å². The number of nitrogens with zero attached hydrogens (tertiary/aromatic N) is 1. The Bertz CT molecular complexity index is 2640. The fourth-order valence-corrected chi connectivity index (χ4v) is 10.0. The van der Waals surface area contributed by atoms with Crippen molar-refractivity contribution in [2.75, 3.05) is 4.90 Å². The number of benzene rings is 7. The van der Waals surface area contributed by atoms with Gasteiger partial charge in [0.05, 0.1) is 11.1 Å². The molecule has 10 rings (SSSR count). The smallest absolute Gasteiger partial charge is 0.0746 e. The highest BCUT2D eigenvalue weighted by molar-refractivity contribution is 6.00. The Hall–Kier alpha value is -6.44. The maximum atomic E-state index is 4.07. The van der Waals surface area contributed by atoms with Crippen LogP contribution in [0.3, 0.4) is 0 Å². The van der Waals surface area contributed by atoms with E-state index in [0.717, 1.165) is 11.4 Å². The van der Waals surface area contributed by atoms with E-state index in [0.29, 0.717) is 0 Å². The van der Waals surface area contributed by atoms with E-state index in [9.17, 15) is 0 Å². The molecule has 7 aromatic carbocycles. The predicted octanol–water partition coefficient (Wildman–Crippen LogP) is 14.0. The van der Waals surface area contributed by atoms with Crippen LogP contribution in [0.5, 0.6) is 0 Å². The van der Waals surface area contributed by atoms with Crippen LogP contribution in [0.25, 0.3) is 39.0 Å². The molecule has 3 aliphatic rings. The number of anilines is 3. The van der Waals surface area contributed by atoms with Crippen LogP contribution in [0.4, 0.5) is 17.1 Å². The fourth-order valence-electron chi connectivity index (χ4n) is 10.0. The van der Waals surface area contributed by atoms with E-state index in [1.54, 1.807) is 0 Å². The topological polar surface area (TPSA) is 3.24 Å². The zero-order valence-electron chi connectivity index (χ0n) is 31.0. The van der Waals surface area contributed by atoms with Crippen LogP contribution in [0.2, 0.25) is 0 Å². The van der Waals surface area contributed by atoms with Gasteiger partial charge in [-0.1, -0.05) is 172 Å². The number of rotatable bonds is 5. The monoisotopic (exact) mass is 691 g/mol. The van der Waals surface area contributed by atoms with Crippen LogP contribution in [0.1, 0.15) is 54.2 Å². The van der Waals surface area contributed by atoms with E-state index >= 15 is 0 Å². The van der Waals surface area contributed by atoms with Crippen molar-refractivity contribution < 1.29 is 0 Å². The molecule has 0 saturated carbocycles. The van der Waals surface area contributed by atoms with Crippen LogP contribution >= 0.6 is 0 Å². The highest BCUT2D eigenvalue weighted by Crippen LogP contribution is 2.65. The quantitative estimate of drug-likeness (QED) is 0.174. The molecule has 0 bridgehead atoms. The molecule has 7 aromatic rings. The average molecular weight is 692 g/mol. The molecule has 0 heterocycles. The highest BCUT2D eigenvalue weighted by Gasteiger charge is 2.53. The lowest BCUT2D eigenvalue weighted by Crippen LogP contribution is -2.28. The fraction of sp³-hybridized carbons (Fsp3) is 0.0943. The third-order valence-electron chi connectivity index (χ3n) is 12.2. The Kier molecular flexibility index (Phi) is 7.19. The highest BCUT2D eigenvalue weighted by atomic mass is 15.1. The van der Waals surface area contributed by atoms with Gasteiger partial charge in [0, 0.05) is 22.4 Å². The third kappa shape index (κ3) is 4.33. The Morgan fingerprint density at radius 3 is 1.65 bits per heavy atom. The van der Waals surface area contributed by atoms with Gasteiger partial charge in [-0.05, 0) is 110 Å². The first kappa shape index (κ1) is 32.2. The first-order valence-electron chi connectivity index (χ1n) is 19.0. The van der Waals surface area contributed by atoms with Gasteiger partial charge in [-0.2, -0.15) is 0 Å². The van der Waals surface area contributed by atoms with Gasteiger partial charge in [-0.3, -0.25) is 0 Å². The third-order valence-corrected chi connectivity index (χ3v) is 12.2. The summed E-state index contributed by atoms with van der Waals surface area (Å²) < 4.78 is 0. The molecule has 0 aromatic heterocycles. The van der Waals surface area contributed by atoms with Crippen molar-refractivity contribution in [1.82, 2.24) is 0 Å². The molecular formula is C53H41N. The van der Waals surface area contributed by atoms with Crippen LogP contribution in [-0.2, 0) is 10.8 Å². The summed E-state index contributed by atoms with van der Waals surface area (Å²) in [7, 11) is 0. The molecule has 0 radical (unpaired) electrons. The summed E-state index contributed by atoms with van der Waals surface area (Å²) in [6.45, 7) is 10.9. The number of fused-ring (bicyclic) bond motifs is 11. The second-order valence-electron chi connectivity index (χ2n) is 15.2. The zero-order chi connectivity index (χ0) is 36.6. The number of allylic oxidation sites excluding steroid dienone is 5. The first-order valence-corrected chi connectivity index (χ1v) is 19.0. The predicted molar refractivity (Wildman–Crippen MR) is 228 cm³/mol. The van der Waals surface area contributed by atoms with E-state index in [1.165, 1.54) is 83.6 Å². The van der Waals surface area contributed by atoms with E-state index < -0.39 is 5.41 Å². The lowest BCUT2D eigenvalue weighted by Gasteiger charge is -2.36. The van der Waals surface area contributed by atoms with E-state index in [1.807, 2.05) is 6.08 Å². The van der Waals surface area contributed by atoms with Gasteiger partial charge in [-0.25, -0.2) is 0 Å². The molecule has 1 heteroatoms. The van der Waals surface area contributed by atoms with Crippen molar-refractivity contribution in [2.45, 2.75) is 31.6 Å². The van der Waals surface area contributed by atoms with Crippen molar-refractivity contribution >= 4 is 22.6 Å². The Labute approximate surface area is 318 Å². The van der Waals surface area contributed by atoms with Crippen LogP contribution < -0.4 is 4.90 Å². The largest absolute Gasteiger partial charge is 0.310 e. The summed E-state index contributed by atoms with van der Waals surface area (Å²) >= 11 is 0. The molecular weight excluding hydrogens is 651 g/mol. The van der Waals surface area contributed by atoms with Crippen LogP contribution in [-0.4, -0.2) is 0 Å². The normalized spacial score (nSPS) is 16.5. The Morgan fingerprint density at radius 1 is 0.500 bits per heavy atom. The lowest BCUT2D eigenvalue weighted by atomic mass is 9.70. The molecule has 0 saturated heterocycles.